The molecule has 19 heavy (non-hydrogen) atoms. The van der Waals surface area contributed by atoms with Crippen LogP contribution in [0.15, 0.2) is 12.1 Å². The first-order valence-corrected chi connectivity index (χ1v) is 6.12. The minimum atomic E-state index is -4.54. The van der Waals surface area contributed by atoms with Gasteiger partial charge in [-0.1, -0.05) is 13.8 Å². The van der Waals surface area contributed by atoms with E-state index in [0.29, 0.717) is 12.8 Å². The standard InChI is InChI=1S/C13H14F3NO2/c1-3-12(4-2)7-9(18)8-5-6-10(13(14,15)16)17-11(8)19-12/h5-6H,3-4,7H2,1-2H3. The molecule has 0 atom stereocenters. The van der Waals surface area contributed by atoms with Gasteiger partial charge in [-0.25, -0.2) is 4.98 Å². The lowest BCUT2D eigenvalue weighted by Gasteiger charge is -2.35. The Morgan fingerprint density at radius 3 is 2.47 bits per heavy atom. The van der Waals surface area contributed by atoms with E-state index in [-0.39, 0.29) is 23.6 Å². The summed E-state index contributed by atoms with van der Waals surface area (Å²) in [5.41, 5.74) is -1.64. The maximum atomic E-state index is 12.6. The molecule has 0 spiro atoms. The number of rotatable bonds is 2. The summed E-state index contributed by atoms with van der Waals surface area (Å²) in [7, 11) is 0. The van der Waals surface area contributed by atoms with Crippen LogP contribution >= 0.6 is 0 Å². The molecule has 2 heterocycles. The number of aromatic nitrogens is 1. The van der Waals surface area contributed by atoms with E-state index in [9.17, 15) is 18.0 Å². The van der Waals surface area contributed by atoms with Crippen LogP contribution < -0.4 is 4.74 Å². The van der Waals surface area contributed by atoms with Crippen molar-refractivity contribution >= 4 is 5.78 Å². The van der Waals surface area contributed by atoms with E-state index in [1.54, 1.807) is 0 Å². The summed E-state index contributed by atoms with van der Waals surface area (Å²) >= 11 is 0. The van der Waals surface area contributed by atoms with Crippen LogP contribution in [-0.4, -0.2) is 16.4 Å². The third kappa shape index (κ3) is 2.43. The summed E-state index contributed by atoms with van der Waals surface area (Å²) < 4.78 is 43.4. The van der Waals surface area contributed by atoms with Crippen LogP contribution in [0, 0.1) is 0 Å². The number of alkyl halides is 3. The number of pyridine rings is 1. The zero-order valence-corrected chi connectivity index (χ0v) is 10.7. The number of fused-ring (bicyclic) bond motifs is 1. The highest BCUT2D eigenvalue weighted by Gasteiger charge is 2.40. The second kappa shape index (κ2) is 4.51. The van der Waals surface area contributed by atoms with Crippen LogP contribution in [0.1, 0.15) is 49.2 Å². The van der Waals surface area contributed by atoms with Crippen molar-refractivity contribution in [1.29, 1.82) is 0 Å². The lowest BCUT2D eigenvalue weighted by atomic mass is 9.86. The van der Waals surface area contributed by atoms with Crippen molar-refractivity contribution in [3.05, 3.63) is 23.4 Å². The second-order valence-corrected chi connectivity index (χ2v) is 4.64. The predicted octanol–water partition coefficient (Wildman–Crippen LogP) is 3.62. The summed E-state index contributed by atoms with van der Waals surface area (Å²) in [4.78, 5) is 15.4. The van der Waals surface area contributed by atoms with E-state index in [1.807, 2.05) is 13.8 Å². The van der Waals surface area contributed by atoms with Gasteiger partial charge in [-0.05, 0) is 25.0 Å². The van der Waals surface area contributed by atoms with Gasteiger partial charge in [0.05, 0.1) is 12.0 Å². The van der Waals surface area contributed by atoms with E-state index in [2.05, 4.69) is 4.98 Å². The van der Waals surface area contributed by atoms with Crippen molar-refractivity contribution < 1.29 is 22.7 Å². The average molecular weight is 273 g/mol. The lowest BCUT2D eigenvalue weighted by Crippen LogP contribution is -2.41. The van der Waals surface area contributed by atoms with Crippen LogP contribution in [0.4, 0.5) is 13.2 Å². The van der Waals surface area contributed by atoms with Gasteiger partial charge in [0.25, 0.3) is 0 Å². The van der Waals surface area contributed by atoms with Crippen molar-refractivity contribution in [3.8, 4) is 5.88 Å². The maximum absolute atomic E-state index is 12.6. The van der Waals surface area contributed by atoms with Crippen LogP contribution in [0.25, 0.3) is 0 Å². The quantitative estimate of drug-likeness (QED) is 0.826. The minimum Gasteiger partial charge on any atom is -0.470 e. The number of carbonyl (C=O) groups is 1. The summed E-state index contributed by atoms with van der Waals surface area (Å²) in [5.74, 6) is -0.416. The van der Waals surface area contributed by atoms with Gasteiger partial charge >= 0.3 is 6.18 Å². The van der Waals surface area contributed by atoms with E-state index in [4.69, 9.17) is 4.74 Å². The Bertz CT molecular complexity index is 507. The summed E-state index contributed by atoms with van der Waals surface area (Å²) in [6.07, 6.45) is -3.26. The zero-order valence-electron chi connectivity index (χ0n) is 10.7. The Morgan fingerprint density at radius 1 is 1.32 bits per heavy atom. The normalized spacial score (nSPS) is 17.8. The molecule has 0 unspecified atom stereocenters. The number of halogens is 3. The molecular formula is C13H14F3NO2. The van der Waals surface area contributed by atoms with Crippen molar-refractivity contribution in [1.82, 2.24) is 4.98 Å². The molecule has 0 saturated heterocycles. The monoisotopic (exact) mass is 273 g/mol. The summed E-state index contributed by atoms with van der Waals surface area (Å²) in [6, 6.07) is 1.95. The molecule has 0 saturated carbocycles. The molecule has 2 rings (SSSR count). The first-order valence-electron chi connectivity index (χ1n) is 6.12. The molecule has 6 heteroatoms. The Balaban J connectivity index is 2.47. The van der Waals surface area contributed by atoms with E-state index in [1.165, 1.54) is 0 Å². The van der Waals surface area contributed by atoms with Gasteiger partial charge in [-0.2, -0.15) is 13.2 Å². The maximum Gasteiger partial charge on any atom is 0.433 e. The van der Waals surface area contributed by atoms with Crippen molar-refractivity contribution in [2.45, 2.75) is 44.9 Å². The van der Waals surface area contributed by atoms with Crippen molar-refractivity contribution in [2.24, 2.45) is 0 Å². The first-order chi connectivity index (χ1) is 8.81. The molecule has 104 valence electrons. The SMILES string of the molecule is CCC1(CC)CC(=O)c2ccc(C(F)(F)F)nc2O1. The van der Waals surface area contributed by atoms with Crippen molar-refractivity contribution in [2.75, 3.05) is 0 Å². The van der Waals surface area contributed by atoms with E-state index in [0.717, 1.165) is 12.1 Å². The molecule has 1 aromatic heterocycles. The Morgan fingerprint density at radius 2 is 1.95 bits per heavy atom. The number of Topliss-reactive ketones (excluding diaryl/α,β-unsaturated/α-hetero) is 1. The van der Waals surface area contributed by atoms with E-state index >= 15 is 0 Å². The smallest absolute Gasteiger partial charge is 0.433 e. The molecule has 0 aromatic carbocycles. The Labute approximate surface area is 108 Å². The van der Waals surface area contributed by atoms with Crippen molar-refractivity contribution in [3.63, 3.8) is 0 Å². The van der Waals surface area contributed by atoms with Crippen LogP contribution in [0.2, 0.25) is 0 Å². The highest BCUT2D eigenvalue weighted by Crippen LogP contribution is 2.38. The third-order valence-corrected chi connectivity index (χ3v) is 3.54. The predicted molar refractivity (Wildman–Crippen MR) is 62.1 cm³/mol. The molecular weight excluding hydrogens is 259 g/mol. The molecule has 1 aliphatic rings. The largest absolute Gasteiger partial charge is 0.470 e. The molecule has 0 fully saturated rings. The highest BCUT2D eigenvalue weighted by molar-refractivity contribution is 5.99. The Hall–Kier alpha value is -1.59. The average Bonchev–Trinajstić information content (AvgIpc) is 2.36. The molecule has 3 nitrogen and oxygen atoms in total. The van der Waals surface area contributed by atoms with Gasteiger partial charge < -0.3 is 4.74 Å². The fourth-order valence-corrected chi connectivity index (χ4v) is 2.16. The third-order valence-electron chi connectivity index (χ3n) is 3.54. The highest BCUT2D eigenvalue weighted by atomic mass is 19.4. The molecule has 1 aliphatic heterocycles. The topological polar surface area (TPSA) is 39.2 Å². The minimum absolute atomic E-state index is 0.130. The Kier molecular flexibility index (Phi) is 3.28. The number of hydrogen-bond acceptors (Lipinski definition) is 3. The molecule has 1 aromatic rings. The summed E-state index contributed by atoms with van der Waals surface area (Å²) in [5, 5.41) is 0. The summed E-state index contributed by atoms with van der Waals surface area (Å²) in [6.45, 7) is 3.69. The lowest BCUT2D eigenvalue weighted by molar-refractivity contribution is -0.141. The van der Waals surface area contributed by atoms with E-state index < -0.39 is 17.5 Å². The molecule has 0 aliphatic carbocycles. The van der Waals surface area contributed by atoms with Gasteiger partial charge in [-0.15, -0.1) is 0 Å². The second-order valence-electron chi connectivity index (χ2n) is 4.64. The van der Waals surface area contributed by atoms with Gasteiger partial charge in [0.2, 0.25) is 5.88 Å². The molecule has 0 radical (unpaired) electrons. The number of ether oxygens (including phenoxy) is 1. The fourth-order valence-electron chi connectivity index (χ4n) is 2.16. The molecule has 0 bridgehead atoms. The van der Waals surface area contributed by atoms with Crippen LogP contribution in [0.3, 0.4) is 0 Å². The number of hydrogen-bond donors (Lipinski definition) is 0. The number of carbonyl (C=O) groups excluding carboxylic acids is 1. The molecule has 0 amide bonds. The number of nitrogens with zero attached hydrogens (tertiary/aromatic N) is 1. The first kappa shape index (κ1) is 13.8. The van der Waals surface area contributed by atoms with Crippen LogP contribution in [-0.2, 0) is 6.18 Å². The fraction of sp³-hybridized carbons (Fsp3) is 0.538. The van der Waals surface area contributed by atoms with Gasteiger partial charge in [0, 0.05) is 0 Å². The van der Waals surface area contributed by atoms with Gasteiger partial charge in [0.15, 0.2) is 5.78 Å². The van der Waals surface area contributed by atoms with Gasteiger partial charge in [-0.3, -0.25) is 4.79 Å². The molecule has 0 N–H and O–H groups in total. The van der Waals surface area contributed by atoms with Crippen LogP contribution in [0.5, 0.6) is 5.88 Å². The van der Waals surface area contributed by atoms with Gasteiger partial charge in [0.1, 0.15) is 11.3 Å². The zero-order chi connectivity index (χ0) is 14.3. The number of ketones is 1.